The highest BCUT2D eigenvalue weighted by atomic mass is 35.5. The lowest BCUT2D eigenvalue weighted by molar-refractivity contribution is -0.146. The summed E-state index contributed by atoms with van der Waals surface area (Å²) >= 11 is 0. The van der Waals surface area contributed by atoms with Crippen LogP contribution in [0.25, 0.3) is 0 Å². The van der Waals surface area contributed by atoms with Gasteiger partial charge in [-0.05, 0) is 55.2 Å². The van der Waals surface area contributed by atoms with Crippen LogP contribution in [0.15, 0.2) is 24.3 Å². The number of hydrogen-bond donors (Lipinski definition) is 1. The standard InChI is InChI=1S/C21H28F2N2O3.ClH/c22-21(23)28-17-6-2-3-13(11-17)18-12-25(7-8-27-18)20(26)16-9-14-4-1-5-15(10-16)19(14)24;/h2-3,6,11,14-16,18-19,21H,1,4-5,7-10,12,24H2;1H. The fourth-order valence-corrected chi connectivity index (χ4v) is 5.19. The molecule has 2 bridgehead atoms. The number of rotatable bonds is 4. The van der Waals surface area contributed by atoms with E-state index >= 15 is 0 Å². The summed E-state index contributed by atoms with van der Waals surface area (Å²) in [5.74, 6) is 1.26. The van der Waals surface area contributed by atoms with Crippen molar-refractivity contribution in [3.05, 3.63) is 29.8 Å². The first-order valence-corrected chi connectivity index (χ1v) is 10.2. The maximum absolute atomic E-state index is 13.2. The highest BCUT2D eigenvalue weighted by molar-refractivity contribution is 5.85. The first-order valence-electron chi connectivity index (χ1n) is 10.2. The third-order valence-corrected chi connectivity index (χ3v) is 6.60. The molecule has 29 heavy (non-hydrogen) atoms. The van der Waals surface area contributed by atoms with E-state index in [1.807, 2.05) is 11.0 Å². The largest absolute Gasteiger partial charge is 0.435 e. The number of hydrogen-bond acceptors (Lipinski definition) is 4. The molecular weight excluding hydrogens is 402 g/mol. The topological polar surface area (TPSA) is 64.8 Å². The van der Waals surface area contributed by atoms with Gasteiger partial charge < -0.3 is 20.1 Å². The summed E-state index contributed by atoms with van der Waals surface area (Å²) in [5, 5.41) is 0. The van der Waals surface area contributed by atoms with Crippen LogP contribution >= 0.6 is 12.4 Å². The van der Waals surface area contributed by atoms with Gasteiger partial charge in [0.1, 0.15) is 11.9 Å². The van der Waals surface area contributed by atoms with E-state index in [0.29, 0.717) is 31.5 Å². The van der Waals surface area contributed by atoms with Crippen molar-refractivity contribution in [3.8, 4) is 5.75 Å². The van der Waals surface area contributed by atoms with E-state index < -0.39 is 6.61 Å². The van der Waals surface area contributed by atoms with Crippen molar-refractivity contribution < 1.29 is 23.0 Å². The SMILES string of the molecule is Cl.NC1C2CCCC1CC(C(=O)N1CCOC(c3cccc(OC(F)F)c3)C1)C2. The van der Waals surface area contributed by atoms with Crippen molar-refractivity contribution in [1.29, 1.82) is 0 Å². The second kappa shape index (κ2) is 9.58. The lowest BCUT2D eigenvalue weighted by atomic mass is 9.65. The summed E-state index contributed by atoms with van der Waals surface area (Å²) in [6.45, 7) is -1.41. The minimum Gasteiger partial charge on any atom is -0.435 e. The lowest BCUT2D eigenvalue weighted by Gasteiger charge is -2.45. The summed E-state index contributed by atoms with van der Waals surface area (Å²) in [5.41, 5.74) is 7.11. The predicted octanol–water partition coefficient (Wildman–Crippen LogP) is 3.76. The van der Waals surface area contributed by atoms with Gasteiger partial charge in [-0.2, -0.15) is 8.78 Å². The van der Waals surface area contributed by atoms with Crippen LogP contribution in [0.3, 0.4) is 0 Å². The summed E-state index contributed by atoms with van der Waals surface area (Å²) in [6.07, 6.45) is 4.92. The molecule has 0 aromatic heterocycles. The van der Waals surface area contributed by atoms with Gasteiger partial charge >= 0.3 is 6.61 Å². The molecule has 8 heteroatoms. The Kier molecular flexibility index (Phi) is 7.35. The molecule has 1 aliphatic heterocycles. The fraction of sp³-hybridized carbons (Fsp3) is 0.667. The van der Waals surface area contributed by atoms with Crippen LogP contribution in [0.1, 0.15) is 43.8 Å². The van der Waals surface area contributed by atoms with Gasteiger partial charge in [-0.1, -0.05) is 18.6 Å². The number of carbonyl (C=O) groups excluding carboxylic acids is 1. The molecule has 1 amide bonds. The average molecular weight is 431 g/mol. The minimum atomic E-state index is -2.86. The van der Waals surface area contributed by atoms with E-state index in [4.69, 9.17) is 10.5 Å². The molecule has 162 valence electrons. The Hall–Kier alpha value is -1.44. The molecule has 0 radical (unpaired) electrons. The Bertz CT molecular complexity index is 694. The minimum absolute atomic E-state index is 0. The van der Waals surface area contributed by atoms with Crippen LogP contribution in [0.5, 0.6) is 5.75 Å². The Morgan fingerprint density at radius 2 is 1.97 bits per heavy atom. The average Bonchev–Trinajstić information content (AvgIpc) is 2.67. The zero-order chi connectivity index (χ0) is 19.7. The lowest BCUT2D eigenvalue weighted by Crippen LogP contribution is -2.51. The van der Waals surface area contributed by atoms with E-state index in [2.05, 4.69) is 4.74 Å². The van der Waals surface area contributed by atoms with Gasteiger partial charge in [-0.25, -0.2) is 0 Å². The molecule has 1 saturated heterocycles. The van der Waals surface area contributed by atoms with E-state index in [-0.39, 0.29) is 42.1 Å². The second-order valence-corrected chi connectivity index (χ2v) is 8.29. The molecule has 1 aromatic rings. The highest BCUT2D eigenvalue weighted by Gasteiger charge is 2.42. The number of amides is 1. The monoisotopic (exact) mass is 430 g/mol. The number of halogens is 3. The Morgan fingerprint density at radius 3 is 2.66 bits per heavy atom. The summed E-state index contributed by atoms with van der Waals surface area (Å²) < 4.78 is 35.3. The number of benzene rings is 1. The molecule has 2 aliphatic carbocycles. The Morgan fingerprint density at radius 1 is 1.24 bits per heavy atom. The van der Waals surface area contributed by atoms with Crippen LogP contribution in [0.4, 0.5) is 8.78 Å². The molecule has 4 rings (SSSR count). The highest BCUT2D eigenvalue weighted by Crippen LogP contribution is 2.42. The zero-order valence-corrected chi connectivity index (χ0v) is 17.2. The van der Waals surface area contributed by atoms with Gasteiger partial charge in [-0.3, -0.25) is 4.79 Å². The molecule has 0 spiro atoms. The normalized spacial score (nSPS) is 31.9. The number of alkyl halides is 2. The third-order valence-electron chi connectivity index (χ3n) is 6.60. The van der Waals surface area contributed by atoms with Gasteiger partial charge in [0.05, 0.1) is 13.2 Å². The molecule has 2 saturated carbocycles. The smallest absolute Gasteiger partial charge is 0.387 e. The van der Waals surface area contributed by atoms with Gasteiger partial charge in [0, 0.05) is 18.5 Å². The van der Waals surface area contributed by atoms with Crippen LogP contribution in [0, 0.1) is 17.8 Å². The number of carbonyl (C=O) groups is 1. The molecule has 3 fully saturated rings. The number of ether oxygens (including phenoxy) is 2. The molecule has 3 atom stereocenters. The second-order valence-electron chi connectivity index (χ2n) is 8.29. The quantitative estimate of drug-likeness (QED) is 0.789. The summed E-state index contributed by atoms with van der Waals surface area (Å²) in [7, 11) is 0. The first-order chi connectivity index (χ1) is 13.5. The molecule has 3 aliphatic rings. The van der Waals surface area contributed by atoms with Crippen molar-refractivity contribution in [1.82, 2.24) is 4.90 Å². The van der Waals surface area contributed by atoms with Gasteiger partial charge in [0.15, 0.2) is 0 Å². The Labute approximate surface area is 176 Å². The van der Waals surface area contributed by atoms with Crippen LogP contribution in [-0.2, 0) is 9.53 Å². The van der Waals surface area contributed by atoms with E-state index in [1.165, 1.54) is 12.5 Å². The van der Waals surface area contributed by atoms with Gasteiger partial charge in [-0.15, -0.1) is 12.4 Å². The van der Waals surface area contributed by atoms with E-state index in [0.717, 1.165) is 31.2 Å². The van der Waals surface area contributed by atoms with E-state index in [9.17, 15) is 13.6 Å². The maximum atomic E-state index is 13.2. The molecule has 3 unspecified atom stereocenters. The Balaban J connectivity index is 0.00000240. The summed E-state index contributed by atoms with van der Waals surface area (Å²) in [6, 6.07) is 6.79. The predicted molar refractivity (Wildman–Crippen MR) is 107 cm³/mol. The molecule has 5 nitrogen and oxygen atoms in total. The zero-order valence-electron chi connectivity index (χ0n) is 16.3. The molecular formula is C21H29ClF2N2O3. The van der Waals surface area contributed by atoms with Crippen LogP contribution in [-0.4, -0.2) is 43.2 Å². The number of fused-ring (bicyclic) bond motifs is 2. The third kappa shape index (κ3) is 5.01. The maximum Gasteiger partial charge on any atom is 0.387 e. The van der Waals surface area contributed by atoms with Crippen LogP contribution < -0.4 is 10.5 Å². The van der Waals surface area contributed by atoms with E-state index in [1.54, 1.807) is 12.1 Å². The fourth-order valence-electron chi connectivity index (χ4n) is 5.19. The number of nitrogens with zero attached hydrogens (tertiary/aromatic N) is 1. The van der Waals surface area contributed by atoms with Crippen molar-refractivity contribution in [3.63, 3.8) is 0 Å². The first kappa shape index (κ1) is 22.2. The number of morpholine rings is 1. The van der Waals surface area contributed by atoms with Crippen molar-refractivity contribution in [2.75, 3.05) is 19.7 Å². The molecule has 1 aromatic carbocycles. The van der Waals surface area contributed by atoms with Crippen molar-refractivity contribution >= 4 is 18.3 Å². The van der Waals surface area contributed by atoms with Crippen LogP contribution in [0.2, 0.25) is 0 Å². The molecule has 2 N–H and O–H groups in total. The van der Waals surface area contributed by atoms with Crippen molar-refractivity contribution in [2.24, 2.45) is 23.5 Å². The van der Waals surface area contributed by atoms with Crippen molar-refractivity contribution in [2.45, 2.75) is 50.9 Å². The summed E-state index contributed by atoms with van der Waals surface area (Å²) in [4.78, 5) is 15.1. The van der Waals surface area contributed by atoms with Gasteiger partial charge in [0.2, 0.25) is 5.91 Å². The number of nitrogens with two attached hydrogens (primary N) is 1. The van der Waals surface area contributed by atoms with Gasteiger partial charge in [0.25, 0.3) is 0 Å². The molecule has 1 heterocycles.